The van der Waals surface area contributed by atoms with Crippen LogP contribution in [0.1, 0.15) is 40.5 Å². The van der Waals surface area contributed by atoms with E-state index in [0.717, 1.165) is 30.3 Å². The van der Waals surface area contributed by atoms with Crippen LogP contribution in [-0.2, 0) is 9.84 Å². The molecular formula is C15H37Cl2N2O2S-. The first-order valence-electron chi connectivity index (χ1n) is 7.68. The minimum Gasteiger partial charge on any atom is -1.00 e. The summed E-state index contributed by atoms with van der Waals surface area (Å²) in [6.45, 7) is 10.5. The van der Waals surface area contributed by atoms with Crippen LogP contribution >= 0.6 is 0 Å². The summed E-state index contributed by atoms with van der Waals surface area (Å²) >= 11 is 0. The molecule has 4 unspecified atom stereocenters. The zero-order valence-electron chi connectivity index (χ0n) is 15.2. The fourth-order valence-corrected chi connectivity index (χ4v) is 3.02. The molecule has 0 heterocycles. The molecule has 0 aromatic heterocycles. The van der Waals surface area contributed by atoms with Gasteiger partial charge in [-0.2, -0.15) is 7.05 Å². The van der Waals surface area contributed by atoms with Gasteiger partial charge in [0.2, 0.25) is 0 Å². The van der Waals surface area contributed by atoms with Crippen LogP contribution in [0.4, 0.5) is 0 Å². The molecule has 7 heteroatoms. The van der Waals surface area contributed by atoms with E-state index in [1.54, 1.807) is 0 Å². The summed E-state index contributed by atoms with van der Waals surface area (Å²) in [5, 5.41) is 0. The SMILES string of the molecule is CCC(C)C[NH3+].[CH2-][NH+](C)CC(CS(C)(=O)=O)C(C)CC.[Cl-].[Cl-]. The minimum atomic E-state index is -2.87. The zero-order valence-corrected chi connectivity index (χ0v) is 17.5. The second kappa shape index (κ2) is 16.3. The average Bonchev–Trinajstić information content (AvgIpc) is 2.34. The van der Waals surface area contributed by atoms with Crippen molar-refractivity contribution in [1.82, 2.24) is 0 Å². The van der Waals surface area contributed by atoms with Crippen molar-refractivity contribution < 1.29 is 43.9 Å². The maximum absolute atomic E-state index is 11.2. The third-order valence-electron chi connectivity index (χ3n) is 3.77. The van der Waals surface area contributed by atoms with Gasteiger partial charge in [0.05, 0.1) is 18.8 Å². The predicted octanol–water partition coefficient (Wildman–Crippen LogP) is -5.72. The Morgan fingerprint density at radius 1 is 1.14 bits per heavy atom. The van der Waals surface area contributed by atoms with Gasteiger partial charge in [-0.3, -0.25) is 0 Å². The highest BCUT2D eigenvalue weighted by Crippen LogP contribution is 2.15. The molecule has 0 aromatic carbocycles. The van der Waals surface area contributed by atoms with Gasteiger partial charge >= 0.3 is 0 Å². The van der Waals surface area contributed by atoms with E-state index in [9.17, 15) is 8.42 Å². The Bertz CT molecular complexity index is 322. The van der Waals surface area contributed by atoms with E-state index in [1.807, 2.05) is 7.05 Å². The Hall–Kier alpha value is 0.450. The van der Waals surface area contributed by atoms with E-state index in [1.165, 1.54) is 12.7 Å². The van der Waals surface area contributed by atoms with Gasteiger partial charge in [0.15, 0.2) is 0 Å². The predicted molar refractivity (Wildman–Crippen MR) is 87.0 cm³/mol. The second-order valence-electron chi connectivity index (χ2n) is 6.20. The quantitative estimate of drug-likeness (QED) is 0.412. The molecule has 0 bridgehead atoms. The van der Waals surface area contributed by atoms with Crippen LogP contribution in [0.5, 0.6) is 0 Å². The third-order valence-corrected chi connectivity index (χ3v) is 4.80. The fraction of sp³-hybridized carbons (Fsp3) is 0.933. The lowest BCUT2D eigenvalue weighted by atomic mass is 9.93. The summed E-state index contributed by atoms with van der Waals surface area (Å²) in [6.07, 6.45) is 3.60. The highest BCUT2D eigenvalue weighted by molar-refractivity contribution is 7.90. The summed E-state index contributed by atoms with van der Waals surface area (Å²) in [4.78, 5) is 1.07. The van der Waals surface area contributed by atoms with Crippen molar-refractivity contribution in [3.8, 4) is 0 Å². The second-order valence-corrected chi connectivity index (χ2v) is 8.39. The van der Waals surface area contributed by atoms with Crippen molar-refractivity contribution >= 4 is 9.84 Å². The molecule has 4 nitrogen and oxygen atoms in total. The van der Waals surface area contributed by atoms with Crippen LogP contribution in [0.3, 0.4) is 0 Å². The molecule has 0 saturated carbocycles. The highest BCUT2D eigenvalue weighted by atomic mass is 35.5. The van der Waals surface area contributed by atoms with Crippen LogP contribution in [0.2, 0.25) is 0 Å². The molecule has 0 aliphatic heterocycles. The molecule has 0 saturated heterocycles. The molecule has 0 amide bonds. The van der Waals surface area contributed by atoms with Gasteiger partial charge in [0.25, 0.3) is 0 Å². The molecule has 140 valence electrons. The largest absolute Gasteiger partial charge is 1.00 e. The molecule has 0 radical (unpaired) electrons. The molecule has 0 spiro atoms. The van der Waals surface area contributed by atoms with Gasteiger partial charge in [0, 0.05) is 25.1 Å². The van der Waals surface area contributed by atoms with Gasteiger partial charge in [-0.1, -0.05) is 34.1 Å². The first-order valence-corrected chi connectivity index (χ1v) is 9.74. The Balaban J connectivity index is -0.000000174. The molecule has 0 fully saturated rings. The summed E-state index contributed by atoms with van der Waals surface area (Å²) in [6, 6.07) is 0. The first-order chi connectivity index (χ1) is 9.07. The topological polar surface area (TPSA) is 66.2 Å². The van der Waals surface area contributed by atoms with E-state index in [0.29, 0.717) is 5.92 Å². The van der Waals surface area contributed by atoms with Crippen molar-refractivity contribution in [2.24, 2.45) is 17.8 Å². The molecule has 0 aromatic rings. The molecule has 0 aliphatic carbocycles. The Kier molecular flexibility index (Phi) is 22.5. The number of halogens is 2. The van der Waals surface area contributed by atoms with Gasteiger partial charge in [-0.25, -0.2) is 8.42 Å². The van der Waals surface area contributed by atoms with E-state index < -0.39 is 9.84 Å². The normalized spacial score (nSPS) is 16.0. The Labute approximate surface area is 151 Å². The van der Waals surface area contributed by atoms with Crippen molar-refractivity contribution in [1.29, 1.82) is 0 Å². The van der Waals surface area contributed by atoms with Crippen LogP contribution in [0, 0.1) is 24.8 Å². The van der Waals surface area contributed by atoms with E-state index >= 15 is 0 Å². The summed E-state index contributed by atoms with van der Waals surface area (Å²) in [5.74, 6) is 1.79. The first kappa shape index (κ1) is 30.3. The number of quaternary nitrogens is 2. The zero-order chi connectivity index (χ0) is 16.3. The van der Waals surface area contributed by atoms with E-state index in [2.05, 4.69) is 40.5 Å². The molecule has 22 heavy (non-hydrogen) atoms. The van der Waals surface area contributed by atoms with Gasteiger partial charge in [-0.05, 0) is 12.3 Å². The number of nitrogens with one attached hydrogen (secondary N) is 1. The molecule has 4 N–H and O–H groups in total. The molecule has 4 atom stereocenters. The van der Waals surface area contributed by atoms with Gasteiger partial charge in [-0.15, -0.1) is 0 Å². The lowest BCUT2D eigenvalue weighted by molar-refractivity contribution is -0.835. The van der Waals surface area contributed by atoms with Crippen molar-refractivity contribution in [2.45, 2.75) is 40.5 Å². The van der Waals surface area contributed by atoms with E-state index in [-0.39, 0.29) is 36.5 Å². The van der Waals surface area contributed by atoms with Crippen molar-refractivity contribution in [3.63, 3.8) is 0 Å². The number of sulfone groups is 1. The smallest absolute Gasteiger partial charge is 0.147 e. The number of hydrogen-bond donors (Lipinski definition) is 2. The standard InChI is InChI=1S/C10H23NO2S.C5H13N.2ClH/c1-6-9(2)10(7-11(3)4)8-14(5,12)13;1-3-5(2)4-6;;/h9-11H,3,6-8H2,1-2,4-5H3;5H,3-4,6H2,1-2H3;2*1H/p-1. The summed E-state index contributed by atoms with van der Waals surface area (Å²) < 4.78 is 22.4. The molecule has 0 rings (SSSR count). The van der Waals surface area contributed by atoms with Crippen LogP contribution in [0.25, 0.3) is 0 Å². The maximum atomic E-state index is 11.2. The Morgan fingerprint density at radius 3 is 1.77 bits per heavy atom. The highest BCUT2D eigenvalue weighted by Gasteiger charge is 2.22. The lowest BCUT2D eigenvalue weighted by Crippen LogP contribution is -3.04. The minimum absolute atomic E-state index is 0. The maximum Gasteiger partial charge on any atom is 0.147 e. The monoisotopic (exact) mass is 379 g/mol. The molecule has 0 aliphatic rings. The van der Waals surface area contributed by atoms with Crippen LogP contribution in [-0.4, -0.2) is 40.6 Å². The van der Waals surface area contributed by atoms with E-state index in [4.69, 9.17) is 0 Å². The third kappa shape index (κ3) is 20.5. The van der Waals surface area contributed by atoms with Crippen molar-refractivity contribution in [2.75, 3.05) is 32.1 Å². The fourth-order valence-electron chi connectivity index (χ4n) is 1.80. The summed E-state index contributed by atoms with van der Waals surface area (Å²) in [7, 11) is 2.94. The lowest BCUT2D eigenvalue weighted by Gasteiger charge is -2.26. The van der Waals surface area contributed by atoms with Gasteiger partial charge in [0.1, 0.15) is 9.84 Å². The number of hydrogen-bond acceptors (Lipinski definition) is 2. The molecular weight excluding hydrogens is 343 g/mol. The average molecular weight is 380 g/mol. The van der Waals surface area contributed by atoms with Crippen LogP contribution < -0.4 is 35.4 Å². The number of rotatable bonds is 8. The van der Waals surface area contributed by atoms with Crippen molar-refractivity contribution in [3.05, 3.63) is 7.05 Å². The summed E-state index contributed by atoms with van der Waals surface area (Å²) in [5.41, 5.74) is 3.76. The van der Waals surface area contributed by atoms with Gasteiger partial charge < -0.3 is 35.4 Å². The Morgan fingerprint density at radius 2 is 1.59 bits per heavy atom. The van der Waals surface area contributed by atoms with Crippen LogP contribution in [0.15, 0.2) is 0 Å².